The Kier molecular flexibility index (Phi) is 2.93. The van der Waals surface area contributed by atoms with E-state index in [9.17, 15) is 0 Å². The molecule has 0 amide bonds. The first-order chi connectivity index (χ1) is 7.36. The average Bonchev–Trinajstić information content (AvgIpc) is 2.29. The van der Waals surface area contributed by atoms with Gasteiger partial charge in [-0.1, -0.05) is 30.3 Å². The lowest BCUT2D eigenvalue weighted by molar-refractivity contribution is -0.673. The maximum atomic E-state index is 2.12. The quantitative estimate of drug-likeness (QED) is 0.650. The normalized spacial score (nSPS) is 10.7. The molecular formula is C14H14N+. The van der Waals surface area contributed by atoms with Crippen molar-refractivity contribution in [1.29, 1.82) is 0 Å². The summed E-state index contributed by atoms with van der Waals surface area (Å²) in [4.78, 5) is 0. The number of hydrogen-bond donors (Lipinski definition) is 0. The minimum Gasteiger partial charge on any atom is -0.202 e. The summed E-state index contributed by atoms with van der Waals surface area (Å²) in [6.45, 7) is 0. The summed E-state index contributed by atoms with van der Waals surface area (Å²) in [5, 5.41) is 0. The van der Waals surface area contributed by atoms with Gasteiger partial charge in [0.25, 0.3) is 0 Å². The van der Waals surface area contributed by atoms with E-state index in [1.165, 1.54) is 11.3 Å². The Morgan fingerprint density at radius 3 is 2.33 bits per heavy atom. The van der Waals surface area contributed by atoms with E-state index >= 15 is 0 Å². The van der Waals surface area contributed by atoms with Gasteiger partial charge in [0, 0.05) is 18.2 Å². The van der Waals surface area contributed by atoms with E-state index in [0.29, 0.717) is 0 Å². The molecule has 1 heteroatoms. The highest BCUT2D eigenvalue weighted by atomic mass is 14.9. The molecule has 0 unspecified atom stereocenters. The van der Waals surface area contributed by atoms with Crippen LogP contribution in [0.2, 0.25) is 0 Å². The van der Waals surface area contributed by atoms with Crippen molar-refractivity contribution in [1.82, 2.24) is 0 Å². The van der Waals surface area contributed by atoms with Crippen LogP contribution in [0, 0.1) is 0 Å². The van der Waals surface area contributed by atoms with Crippen LogP contribution in [0.25, 0.3) is 12.2 Å². The van der Waals surface area contributed by atoms with Gasteiger partial charge >= 0.3 is 0 Å². The van der Waals surface area contributed by atoms with Crippen molar-refractivity contribution in [2.45, 2.75) is 0 Å². The van der Waals surface area contributed by atoms with Crippen LogP contribution in [0.5, 0.6) is 0 Å². The molecule has 1 aromatic heterocycles. The zero-order chi connectivity index (χ0) is 10.5. The minimum absolute atomic E-state index is 1.20. The molecule has 0 spiro atoms. The second-order valence-electron chi connectivity index (χ2n) is 3.48. The van der Waals surface area contributed by atoms with Crippen LogP contribution in [0.15, 0.2) is 54.7 Å². The molecule has 0 saturated heterocycles. The van der Waals surface area contributed by atoms with E-state index in [2.05, 4.69) is 34.9 Å². The molecule has 0 bridgehead atoms. The van der Waals surface area contributed by atoms with Crippen LogP contribution in [0.3, 0.4) is 0 Å². The zero-order valence-electron chi connectivity index (χ0n) is 8.80. The predicted octanol–water partition coefficient (Wildman–Crippen LogP) is 2.68. The largest absolute Gasteiger partial charge is 0.204 e. The molecule has 1 heterocycles. The summed E-state index contributed by atoms with van der Waals surface area (Å²) in [7, 11) is 2.05. The van der Waals surface area contributed by atoms with Crippen molar-refractivity contribution in [2.75, 3.05) is 0 Å². The van der Waals surface area contributed by atoms with Crippen LogP contribution in [0.1, 0.15) is 11.3 Å². The molecule has 0 atom stereocenters. The van der Waals surface area contributed by atoms with Crippen LogP contribution < -0.4 is 4.57 Å². The third-order valence-corrected chi connectivity index (χ3v) is 2.34. The van der Waals surface area contributed by atoms with Crippen molar-refractivity contribution in [2.24, 2.45) is 7.05 Å². The molecule has 0 aliphatic rings. The first-order valence-electron chi connectivity index (χ1n) is 5.04. The van der Waals surface area contributed by atoms with E-state index in [4.69, 9.17) is 0 Å². The van der Waals surface area contributed by atoms with Crippen LogP contribution in [-0.4, -0.2) is 0 Å². The second kappa shape index (κ2) is 4.56. The van der Waals surface area contributed by atoms with E-state index in [-0.39, 0.29) is 0 Å². The SMILES string of the molecule is C[n+]1ccccc1C=Cc1ccccc1. The molecule has 0 fully saturated rings. The predicted molar refractivity (Wildman–Crippen MR) is 63.0 cm³/mol. The standard InChI is InChI=1S/C14H14N/c1-15-12-6-5-9-14(15)11-10-13-7-3-2-4-8-13/h2-12H,1H3/q+1. The minimum atomic E-state index is 1.20. The number of hydrogen-bond acceptors (Lipinski definition) is 0. The average molecular weight is 196 g/mol. The van der Waals surface area contributed by atoms with Crippen molar-refractivity contribution in [3.63, 3.8) is 0 Å². The first kappa shape index (κ1) is 9.66. The second-order valence-corrected chi connectivity index (χ2v) is 3.48. The van der Waals surface area contributed by atoms with Gasteiger partial charge in [-0.05, 0) is 17.7 Å². The molecule has 74 valence electrons. The highest BCUT2D eigenvalue weighted by Crippen LogP contribution is 2.04. The first-order valence-corrected chi connectivity index (χ1v) is 5.04. The number of pyridine rings is 1. The van der Waals surface area contributed by atoms with Crippen molar-refractivity contribution >= 4 is 12.2 Å². The molecule has 0 N–H and O–H groups in total. The van der Waals surface area contributed by atoms with Crippen molar-refractivity contribution in [3.8, 4) is 0 Å². The van der Waals surface area contributed by atoms with Gasteiger partial charge in [0.1, 0.15) is 7.05 Å². The van der Waals surface area contributed by atoms with Gasteiger partial charge in [-0.2, -0.15) is 0 Å². The number of nitrogens with zero attached hydrogens (tertiary/aromatic N) is 1. The lowest BCUT2D eigenvalue weighted by atomic mass is 10.2. The highest BCUT2D eigenvalue weighted by Gasteiger charge is 1.97. The fourth-order valence-electron chi connectivity index (χ4n) is 1.46. The fraction of sp³-hybridized carbons (Fsp3) is 0.0714. The van der Waals surface area contributed by atoms with Crippen molar-refractivity contribution in [3.05, 3.63) is 66.0 Å². The Bertz CT molecular complexity index is 458. The molecule has 2 aromatic rings. The highest BCUT2D eigenvalue weighted by molar-refractivity contribution is 5.66. The molecular weight excluding hydrogens is 182 g/mol. The third kappa shape index (κ3) is 2.53. The zero-order valence-corrected chi connectivity index (χ0v) is 8.80. The smallest absolute Gasteiger partial charge is 0.202 e. The maximum Gasteiger partial charge on any atom is 0.204 e. The number of aryl methyl sites for hydroxylation is 1. The van der Waals surface area contributed by atoms with E-state index in [0.717, 1.165) is 0 Å². The molecule has 0 aliphatic carbocycles. The Labute approximate surface area is 90.3 Å². The monoisotopic (exact) mass is 196 g/mol. The van der Waals surface area contributed by atoms with Crippen LogP contribution in [-0.2, 0) is 7.05 Å². The van der Waals surface area contributed by atoms with Gasteiger partial charge in [0.15, 0.2) is 6.20 Å². The molecule has 1 nitrogen and oxygen atoms in total. The van der Waals surface area contributed by atoms with E-state index < -0.39 is 0 Å². The van der Waals surface area contributed by atoms with E-state index in [1.54, 1.807) is 0 Å². The summed E-state index contributed by atoms with van der Waals surface area (Å²) in [5.41, 5.74) is 2.42. The number of rotatable bonds is 2. The summed E-state index contributed by atoms with van der Waals surface area (Å²) >= 11 is 0. The van der Waals surface area contributed by atoms with Gasteiger partial charge < -0.3 is 0 Å². The Morgan fingerprint density at radius 1 is 0.867 bits per heavy atom. The third-order valence-electron chi connectivity index (χ3n) is 2.34. The Hall–Kier alpha value is -1.89. The van der Waals surface area contributed by atoms with Crippen molar-refractivity contribution < 1.29 is 4.57 Å². The van der Waals surface area contributed by atoms with E-state index in [1.807, 2.05) is 43.6 Å². The summed E-state index contributed by atoms with van der Waals surface area (Å²) in [6, 6.07) is 16.5. The fourth-order valence-corrected chi connectivity index (χ4v) is 1.46. The lowest BCUT2D eigenvalue weighted by Crippen LogP contribution is -2.30. The molecule has 15 heavy (non-hydrogen) atoms. The topological polar surface area (TPSA) is 3.88 Å². The van der Waals surface area contributed by atoms with Gasteiger partial charge in [-0.15, -0.1) is 0 Å². The maximum absolute atomic E-state index is 2.12. The van der Waals surface area contributed by atoms with Crippen LogP contribution in [0.4, 0.5) is 0 Å². The van der Waals surface area contributed by atoms with Gasteiger partial charge in [0.05, 0.1) is 0 Å². The van der Waals surface area contributed by atoms with Gasteiger partial charge in [-0.25, -0.2) is 4.57 Å². The number of benzene rings is 1. The lowest BCUT2D eigenvalue weighted by Gasteiger charge is -1.93. The summed E-state index contributed by atoms with van der Waals surface area (Å²) in [5.74, 6) is 0. The molecule has 1 aromatic carbocycles. The molecule has 2 rings (SSSR count). The Morgan fingerprint density at radius 2 is 1.60 bits per heavy atom. The molecule has 0 radical (unpaired) electrons. The summed E-state index contributed by atoms with van der Waals surface area (Å²) < 4.78 is 2.10. The molecule has 0 saturated carbocycles. The van der Waals surface area contributed by atoms with Crippen LogP contribution >= 0.6 is 0 Å². The molecule has 0 aliphatic heterocycles. The summed E-state index contributed by atoms with van der Waals surface area (Å²) in [6.07, 6.45) is 6.29. The van der Waals surface area contributed by atoms with Gasteiger partial charge in [-0.3, -0.25) is 0 Å². The Balaban J connectivity index is 2.23. The van der Waals surface area contributed by atoms with Gasteiger partial charge in [0.2, 0.25) is 5.69 Å². The number of aromatic nitrogens is 1.